The maximum absolute atomic E-state index is 4.40. The van der Waals surface area contributed by atoms with Gasteiger partial charge in [0.05, 0.1) is 0 Å². The van der Waals surface area contributed by atoms with E-state index in [1.807, 2.05) is 0 Å². The minimum Gasteiger partial charge on any atom is -1.45 e. The molecule has 0 aliphatic rings. The van der Waals surface area contributed by atoms with E-state index in [-0.39, 0.29) is 59.1 Å². The van der Waals surface area contributed by atoms with Crippen molar-refractivity contribution in [3.63, 3.8) is 0 Å². The first kappa shape index (κ1) is 17.1. The molecular formula is C10H13Na2P. The second kappa shape index (κ2) is 8.92. The van der Waals surface area contributed by atoms with Crippen LogP contribution in [0.25, 0.3) is 0 Å². The van der Waals surface area contributed by atoms with E-state index in [0.29, 0.717) is 0 Å². The molecule has 13 heavy (non-hydrogen) atoms. The van der Waals surface area contributed by atoms with Crippen molar-refractivity contribution in [1.29, 1.82) is 0 Å². The number of rotatable bonds is 2. The first-order valence-corrected chi connectivity index (χ1v) is 4.53. The Bertz CT molecular complexity index is 249. The van der Waals surface area contributed by atoms with Crippen LogP contribution in [-0.2, 0) is 12.8 Å². The standard InChI is InChI=1S/C10H13P.2Na/c1-3-8-5-6-9(4-2)10(11)7-8;;/h5-7H,3-4H2,1-2H3;;/q-2;2*+1. The van der Waals surface area contributed by atoms with Gasteiger partial charge in [-0.3, -0.25) is 0 Å². The zero-order valence-electron chi connectivity index (χ0n) is 9.09. The summed E-state index contributed by atoms with van der Waals surface area (Å²) >= 11 is 0. The average molecular weight is 210 g/mol. The third-order valence-corrected chi connectivity index (χ3v) is 2.36. The Kier molecular flexibility index (Phi) is 11.7. The van der Waals surface area contributed by atoms with Gasteiger partial charge in [-0.25, -0.2) is 0 Å². The summed E-state index contributed by atoms with van der Waals surface area (Å²) < 4.78 is 0. The fourth-order valence-corrected chi connectivity index (χ4v) is 1.53. The summed E-state index contributed by atoms with van der Waals surface area (Å²) in [6.45, 7) is 4.31. The second-order valence-electron chi connectivity index (χ2n) is 2.67. The van der Waals surface area contributed by atoms with E-state index in [9.17, 15) is 0 Å². The average Bonchev–Trinajstić information content (AvgIpc) is 2.04. The summed E-state index contributed by atoms with van der Waals surface area (Å²) in [5.74, 6) is 0. The number of hydrogen-bond donors (Lipinski definition) is 0. The molecule has 0 unspecified atom stereocenters. The van der Waals surface area contributed by atoms with Gasteiger partial charge in [-0.15, -0.1) is 11.6 Å². The van der Waals surface area contributed by atoms with Gasteiger partial charge in [0, 0.05) is 0 Å². The predicted molar refractivity (Wildman–Crippen MR) is 51.8 cm³/mol. The molecule has 0 aromatic heterocycles. The van der Waals surface area contributed by atoms with Crippen molar-refractivity contribution in [3.8, 4) is 0 Å². The van der Waals surface area contributed by atoms with Crippen molar-refractivity contribution in [2.45, 2.75) is 26.7 Å². The fourth-order valence-electron chi connectivity index (χ4n) is 1.13. The molecule has 0 radical (unpaired) electrons. The normalized spacial score (nSPS) is 8.54. The summed E-state index contributed by atoms with van der Waals surface area (Å²) in [6, 6.07) is 6.50. The zero-order valence-corrected chi connectivity index (χ0v) is 14.0. The third kappa shape index (κ3) is 5.33. The van der Waals surface area contributed by atoms with E-state index >= 15 is 0 Å². The molecule has 0 amide bonds. The Morgan fingerprint density at radius 3 is 2.08 bits per heavy atom. The molecule has 3 heteroatoms. The quantitative estimate of drug-likeness (QED) is 0.357. The largest absolute Gasteiger partial charge is 1.45 e. The Morgan fingerprint density at radius 1 is 1.08 bits per heavy atom. The Morgan fingerprint density at radius 2 is 1.69 bits per heavy atom. The van der Waals surface area contributed by atoms with Gasteiger partial charge in [-0.1, -0.05) is 31.5 Å². The molecule has 0 nitrogen and oxygen atoms in total. The first-order chi connectivity index (χ1) is 5.27. The molecule has 1 aromatic carbocycles. The van der Waals surface area contributed by atoms with E-state index in [4.69, 9.17) is 0 Å². The van der Waals surface area contributed by atoms with Gasteiger partial charge in [0.1, 0.15) is 0 Å². The summed E-state index contributed by atoms with van der Waals surface area (Å²) in [6.07, 6.45) is 2.17. The maximum atomic E-state index is 4.40. The van der Waals surface area contributed by atoms with Gasteiger partial charge in [-0.05, 0) is 12.8 Å². The van der Waals surface area contributed by atoms with Crippen LogP contribution in [0.1, 0.15) is 25.0 Å². The molecule has 1 aromatic rings. The fraction of sp³-hybridized carbons (Fsp3) is 0.400. The van der Waals surface area contributed by atoms with Crippen molar-refractivity contribution in [3.05, 3.63) is 29.3 Å². The number of hydrogen-bond acceptors (Lipinski definition) is 0. The summed E-state index contributed by atoms with van der Waals surface area (Å²) in [5.41, 5.74) is 2.71. The minimum atomic E-state index is 0. The zero-order chi connectivity index (χ0) is 8.27. The molecular weight excluding hydrogens is 197 g/mol. The Labute approximate surface area is 128 Å². The van der Waals surface area contributed by atoms with Crippen molar-refractivity contribution >= 4 is 14.5 Å². The van der Waals surface area contributed by atoms with E-state index in [1.165, 1.54) is 11.1 Å². The van der Waals surface area contributed by atoms with Gasteiger partial charge < -0.3 is 14.5 Å². The maximum Gasteiger partial charge on any atom is 1.00 e. The molecule has 0 N–H and O–H groups in total. The van der Waals surface area contributed by atoms with E-state index in [0.717, 1.165) is 18.1 Å². The molecule has 0 bridgehead atoms. The van der Waals surface area contributed by atoms with E-state index < -0.39 is 0 Å². The van der Waals surface area contributed by atoms with Gasteiger partial charge in [0.25, 0.3) is 0 Å². The van der Waals surface area contributed by atoms with Crippen LogP contribution in [0, 0.1) is 0 Å². The van der Waals surface area contributed by atoms with Crippen molar-refractivity contribution in [2.24, 2.45) is 0 Å². The van der Waals surface area contributed by atoms with Gasteiger partial charge in [-0.2, -0.15) is 0 Å². The third-order valence-electron chi connectivity index (χ3n) is 1.94. The summed E-state index contributed by atoms with van der Waals surface area (Å²) in [5, 5.41) is 1.13. The number of aryl methyl sites for hydroxylation is 2. The van der Waals surface area contributed by atoms with Crippen LogP contribution in [0.15, 0.2) is 18.2 Å². The van der Waals surface area contributed by atoms with Gasteiger partial charge in [0.2, 0.25) is 0 Å². The molecule has 0 fully saturated rings. The smallest absolute Gasteiger partial charge is 1.00 e. The summed E-state index contributed by atoms with van der Waals surface area (Å²) in [4.78, 5) is 0. The molecule has 0 spiro atoms. The van der Waals surface area contributed by atoms with Crippen molar-refractivity contribution < 1.29 is 59.1 Å². The minimum absolute atomic E-state index is 0. The Balaban J connectivity index is 0. The van der Waals surface area contributed by atoms with Crippen LogP contribution in [0.5, 0.6) is 0 Å². The predicted octanol–water partition coefficient (Wildman–Crippen LogP) is -3.14. The van der Waals surface area contributed by atoms with Gasteiger partial charge >= 0.3 is 59.1 Å². The first-order valence-electron chi connectivity index (χ1n) is 4.08. The molecule has 0 saturated carbocycles. The van der Waals surface area contributed by atoms with E-state index in [2.05, 4.69) is 41.3 Å². The van der Waals surface area contributed by atoms with Crippen LogP contribution in [0.4, 0.5) is 0 Å². The molecule has 0 heterocycles. The van der Waals surface area contributed by atoms with Crippen molar-refractivity contribution in [2.75, 3.05) is 0 Å². The summed E-state index contributed by atoms with van der Waals surface area (Å²) in [7, 11) is 4.40. The molecule has 0 aliphatic carbocycles. The van der Waals surface area contributed by atoms with Crippen LogP contribution in [0.2, 0.25) is 0 Å². The topological polar surface area (TPSA) is 0 Å². The molecule has 0 atom stereocenters. The van der Waals surface area contributed by atoms with Gasteiger partial charge in [0.15, 0.2) is 0 Å². The molecule has 0 aliphatic heterocycles. The van der Waals surface area contributed by atoms with Crippen molar-refractivity contribution in [1.82, 2.24) is 0 Å². The van der Waals surface area contributed by atoms with Crippen LogP contribution in [-0.4, -0.2) is 0 Å². The Hall–Kier alpha value is 1.65. The molecule has 60 valence electrons. The van der Waals surface area contributed by atoms with Crippen LogP contribution >= 0.6 is 9.24 Å². The number of benzene rings is 1. The SMILES string of the molecule is CCc1ccc(CC)c([P-2])c1.[Na+].[Na+]. The molecule has 0 saturated heterocycles. The van der Waals surface area contributed by atoms with Crippen LogP contribution < -0.4 is 64.4 Å². The molecule has 1 rings (SSSR count). The van der Waals surface area contributed by atoms with E-state index in [1.54, 1.807) is 0 Å². The monoisotopic (exact) mass is 210 g/mol. The second-order valence-corrected chi connectivity index (χ2v) is 3.15. The van der Waals surface area contributed by atoms with Crippen LogP contribution in [0.3, 0.4) is 0 Å².